The maximum atomic E-state index is 3.55. The molecule has 1 saturated carbocycles. The molecule has 1 N–H and O–H groups in total. The molecule has 1 aliphatic carbocycles. The van der Waals surface area contributed by atoms with Crippen LogP contribution in [0, 0.1) is 5.92 Å². The first kappa shape index (κ1) is 14.0. The van der Waals surface area contributed by atoms with Crippen molar-refractivity contribution in [3.63, 3.8) is 0 Å². The molecule has 1 aliphatic rings. The lowest BCUT2D eigenvalue weighted by Gasteiger charge is -2.27. The Kier molecular flexibility index (Phi) is 7.06. The van der Waals surface area contributed by atoms with Gasteiger partial charge in [-0.3, -0.25) is 0 Å². The van der Waals surface area contributed by atoms with Crippen LogP contribution in [-0.4, -0.2) is 37.6 Å². The van der Waals surface area contributed by atoms with E-state index in [2.05, 4.69) is 31.1 Å². The molecule has 1 fully saturated rings. The Balaban J connectivity index is 2.06. The molecule has 2 heteroatoms. The van der Waals surface area contributed by atoms with Gasteiger partial charge >= 0.3 is 0 Å². The van der Waals surface area contributed by atoms with Crippen molar-refractivity contribution in [2.75, 3.05) is 26.7 Å². The van der Waals surface area contributed by atoms with E-state index >= 15 is 0 Å². The number of nitrogens with zero attached hydrogens (tertiary/aromatic N) is 1. The van der Waals surface area contributed by atoms with E-state index in [4.69, 9.17) is 0 Å². The van der Waals surface area contributed by atoms with Crippen molar-refractivity contribution in [3.8, 4) is 0 Å². The third-order valence-corrected chi connectivity index (χ3v) is 3.92. The molecule has 0 radical (unpaired) electrons. The van der Waals surface area contributed by atoms with Crippen molar-refractivity contribution in [3.05, 3.63) is 0 Å². The number of rotatable bonds is 8. The molecule has 0 amide bonds. The Hall–Kier alpha value is -0.0800. The van der Waals surface area contributed by atoms with E-state index in [-0.39, 0.29) is 0 Å². The highest BCUT2D eigenvalue weighted by Crippen LogP contribution is 2.25. The van der Waals surface area contributed by atoms with Gasteiger partial charge in [0, 0.05) is 19.1 Å². The van der Waals surface area contributed by atoms with E-state index in [0.29, 0.717) is 6.04 Å². The van der Waals surface area contributed by atoms with Crippen LogP contribution >= 0.6 is 0 Å². The Morgan fingerprint density at radius 3 is 2.62 bits per heavy atom. The van der Waals surface area contributed by atoms with Crippen LogP contribution in [0.3, 0.4) is 0 Å². The van der Waals surface area contributed by atoms with Crippen LogP contribution in [0.25, 0.3) is 0 Å². The fourth-order valence-corrected chi connectivity index (χ4v) is 2.55. The van der Waals surface area contributed by atoms with Crippen LogP contribution in [0.5, 0.6) is 0 Å². The minimum atomic E-state index is 0.678. The highest BCUT2D eigenvalue weighted by molar-refractivity contribution is 4.74. The molecule has 1 unspecified atom stereocenters. The number of hydrogen-bond donors (Lipinski definition) is 1. The normalized spacial score (nSPS) is 19.5. The SMILES string of the molecule is CCCCNCC(C)N(C)CC1CCCC1. The van der Waals surface area contributed by atoms with Crippen LogP contribution in [0.2, 0.25) is 0 Å². The second-order valence-electron chi connectivity index (χ2n) is 5.50. The number of nitrogens with one attached hydrogen (secondary N) is 1. The average molecular weight is 226 g/mol. The molecule has 1 atom stereocenters. The quantitative estimate of drug-likeness (QED) is 0.640. The van der Waals surface area contributed by atoms with Crippen LogP contribution in [0.15, 0.2) is 0 Å². The van der Waals surface area contributed by atoms with Crippen molar-refractivity contribution in [1.29, 1.82) is 0 Å². The Morgan fingerprint density at radius 1 is 1.31 bits per heavy atom. The van der Waals surface area contributed by atoms with E-state index in [1.54, 1.807) is 0 Å². The standard InChI is InChI=1S/C14H30N2/c1-4-5-10-15-11-13(2)16(3)12-14-8-6-7-9-14/h13-15H,4-12H2,1-3H3. The van der Waals surface area contributed by atoms with Gasteiger partial charge in [0.15, 0.2) is 0 Å². The van der Waals surface area contributed by atoms with Crippen molar-refractivity contribution >= 4 is 0 Å². The van der Waals surface area contributed by atoms with Crippen LogP contribution in [0.1, 0.15) is 52.4 Å². The minimum absolute atomic E-state index is 0.678. The zero-order valence-corrected chi connectivity index (χ0v) is 11.5. The monoisotopic (exact) mass is 226 g/mol. The molecule has 1 rings (SSSR count). The van der Waals surface area contributed by atoms with Crippen molar-refractivity contribution in [2.24, 2.45) is 5.92 Å². The predicted molar refractivity (Wildman–Crippen MR) is 71.8 cm³/mol. The van der Waals surface area contributed by atoms with Gasteiger partial charge in [0.25, 0.3) is 0 Å². The van der Waals surface area contributed by atoms with E-state index in [0.717, 1.165) is 12.5 Å². The molecule has 0 saturated heterocycles. The maximum Gasteiger partial charge on any atom is 0.0189 e. The van der Waals surface area contributed by atoms with Gasteiger partial charge in [-0.2, -0.15) is 0 Å². The summed E-state index contributed by atoms with van der Waals surface area (Å²) in [4.78, 5) is 2.54. The number of unbranched alkanes of at least 4 members (excludes halogenated alkanes) is 1. The summed E-state index contributed by atoms with van der Waals surface area (Å²) in [5.74, 6) is 0.975. The second-order valence-corrected chi connectivity index (χ2v) is 5.50. The highest BCUT2D eigenvalue weighted by Gasteiger charge is 2.18. The molecule has 2 nitrogen and oxygen atoms in total. The molecule has 16 heavy (non-hydrogen) atoms. The molecule has 0 aromatic carbocycles. The predicted octanol–water partition coefficient (Wildman–Crippen LogP) is 2.89. The first-order valence-corrected chi connectivity index (χ1v) is 7.15. The van der Waals surface area contributed by atoms with Crippen molar-refractivity contribution in [2.45, 2.75) is 58.4 Å². The second kappa shape index (κ2) is 8.08. The number of likely N-dealkylation sites (N-methyl/N-ethyl adjacent to an activating group) is 1. The summed E-state index contributed by atoms with van der Waals surface area (Å²) in [6.45, 7) is 8.21. The Morgan fingerprint density at radius 2 is 2.00 bits per heavy atom. The third-order valence-electron chi connectivity index (χ3n) is 3.92. The van der Waals surface area contributed by atoms with E-state index in [1.807, 2.05) is 0 Å². The lowest BCUT2D eigenvalue weighted by atomic mass is 10.1. The fraction of sp³-hybridized carbons (Fsp3) is 1.00. The largest absolute Gasteiger partial charge is 0.315 e. The lowest BCUT2D eigenvalue weighted by molar-refractivity contribution is 0.214. The van der Waals surface area contributed by atoms with Gasteiger partial charge in [-0.15, -0.1) is 0 Å². The average Bonchev–Trinajstić information content (AvgIpc) is 2.76. The molecule has 0 aromatic rings. The molecule has 0 spiro atoms. The molecule has 0 aromatic heterocycles. The molecule has 96 valence electrons. The number of hydrogen-bond acceptors (Lipinski definition) is 2. The lowest BCUT2D eigenvalue weighted by Crippen LogP contribution is -2.40. The Labute approximate surface area is 102 Å². The summed E-state index contributed by atoms with van der Waals surface area (Å²) in [7, 11) is 2.28. The van der Waals surface area contributed by atoms with E-state index < -0.39 is 0 Å². The van der Waals surface area contributed by atoms with E-state index in [1.165, 1.54) is 51.6 Å². The highest BCUT2D eigenvalue weighted by atomic mass is 15.1. The van der Waals surface area contributed by atoms with Gasteiger partial charge in [-0.05, 0) is 45.7 Å². The zero-order valence-electron chi connectivity index (χ0n) is 11.5. The smallest absolute Gasteiger partial charge is 0.0189 e. The molecule has 0 bridgehead atoms. The summed E-state index contributed by atoms with van der Waals surface area (Å²) < 4.78 is 0. The molecular formula is C14H30N2. The third kappa shape index (κ3) is 5.31. The summed E-state index contributed by atoms with van der Waals surface area (Å²) >= 11 is 0. The van der Waals surface area contributed by atoms with Gasteiger partial charge in [0.1, 0.15) is 0 Å². The van der Waals surface area contributed by atoms with E-state index in [9.17, 15) is 0 Å². The van der Waals surface area contributed by atoms with Gasteiger partial charge < -0.3 is 10.2 Å². The molecular weight excluding hydrogens is 196 g/mol. The summed E-state index contributed by atoms with van der Waals surface area (Å²) in [5.41, 5.74) is 0. The Bertz CT molecular complexity index is 164. The van der Waals surface area contributed by atoms with Gasteiger partial charge in [0.2, 0.25) is 0 Å². The topological polar surface area (TPSA) is 15.3 Å². The summed E-state index contributed by atoms with van der Waals surface area (Å²) in [5, 5.41) is 3.55. The first-order valence-electron chi connectivity index (χ1n) is 7.15. The minimum Gasteiger partial charge on any atom is -0.315 e. The van der Waals surface area contributed by atoms with Crippen molar-refractivity contribution < 1.29 is 0 Å². The van der Waals surface area contributed by atoms with Crippen LogP contribution in [0.4, 0.5) is 0 Å². The van der Waals surface area contributed by atoms with Gasteiger partial charge in [-0.1, -0.05) is 26.2 Å². The first-order chi connectivity index (χ1) is 7.74. The molecule has 0 aliphatic heterocycles. The van der Waals surface area contributed by atoms with Crippen LogP contribution in [-0.2, 0) is 0 Å². The maximum absolute atomic E-state index is 3.55. The summed E-state index contributed by atoms with van der Waals surface area (Å²) in [6, 6.07) is 0.678. The van der Waals surface area contributed by atoms with Gasteiger partial charge in [0.05, 0.1) is 0 Å². The van der Waals surface area contributed by atoms with Crippen molar-refractivity contribution in [1.82, 2.24) is 10.2 Å². The van der Waals surface area contributed by atoms with Crippen LogP contribution < -0.4 is 5.32 Å². The zero-order chi connectivity index (χ0) is 11.8. The van der Waals surface area contributed by atoms with Gasteiger partial charge in [-0.25, -0.2) is 0 Å². The summed E-state index contributed by atoms with van der Waals surface area (Å²) in [6.07, 6.45) is 8.43. The fourth-order valence-electron chi connectivity index (χ4n) is 2.55. The molecule has 0 heterocycles.